The lowest BCUT2D eigenvalue weighted by Crippen LogP contribution is -1.96. The lowest BCUT2D eigenvalue weighted by molar-refractivity contribution is 0.595. The average Bonchev–Trinajstić information content (AvgIpc) is 3.77. The van der Waals surface area contributed by atoms with Gasteiger partial charge in [-0.1, -0.05) is 66.7 Å². The van der Waals surface area contributed by atoms with Gasteiger partial charge in [0.15, 0.2) is 0 Å². The summed E-state index contributed by atoms with van der Waals surface area (Å²) in [6.07, 6.45) is 6.39. The molecule has 0 spiro atoms. The average molecular weight is 526 g/mol. The van der Waals surface area contributed by atoms with Gasteiger partial charge in [-0.05, 0) is 61.4 Å². The van der Waals surface area contributed by atoms with Gasteiger partial charge in [0.25, 0.3) is 0 Å². The fraction of sp³-hybridized carbons (Fsp3) is 0.0541. The van der Waals surface area contributed by atoms with Crippen LogP contribution in [0.15, 0.2) is 114 Å². The maximum Gasteiger partial charge on any atom is 0.138 e. The van der Waals surface area contributed by atoms with E-state index >= 15 is 0 Å². The fourth-order valence-electron chi connectivity index (χ4n) is 7.23. The van der Waals surface area contributed by atoms with Gasteiger partial charge in [-0.3, -0.25) is 4.40 Å². The lowest BCUT2D eigenvalue weighted by Gasteiger charge is -2.11. The van der Waals surface area contributed by atoms with Crippen LogP contribution in [0.2, 0.25) is 0 Å². The van der Waals surface area contributed by atoms with Crippen LogP contribution in [0.4, 0.5) is 0 Å². The molecule has 0 saturated carbocycles. The third kappa shape index (κ3) is 2.71. The normalized spacial score (nSPS) is 13.6. The number of hydrogen-bond acceptors (Lipinski definition) is 2. The molecule has 0 amide bonds. The van der Waals surface area contributed by atoms with Crippen LogP contribution in [-0.2, 0) is 6.42 Å². The van der Waals surface area contributed by atoms with E-state index in [0.717, 1.165) is 46.8 Å². The van der Waals surface area contributed by atoms with Gasteiger partial charge in [0.05, 0.1) is 27.8 Å². The molecule has 4 aromatic carbocycles. The number of pyridine rings is 1. The Labute approximate surface area is 234 Å². The van der Waals surface area contributed by atoms with Gasteiger partial charge in [0, 0.05) is 43.7 Å². The first kappa shape index (κ1) is 21.5. The van der Waals surface area contributed by atoms with Gasteiger partial charge in [0.1, 0.15) is 17.0 Å². The number of para-hydroxylation sites is 1. The van der Waals surface area contributed by atoms with Crippen LogP contribution >= 0.6 is 0 Å². The maximum absolute atomic E-state index is 6.37. The smallest absolute Gasteiger partial charge is 0.138 e. The molecule has 5 aromatic heterocycles. The van der Waals surface area contributed by atoms with E-state index in [-0.39, 0.29) is 0 Å². The van der Waals surface area contributed by atoms with Crippen LogP contribution in [0, 0.1) is 0 Å². The molecule has 0 unspecified atom stereocenters. The second-order valence-corrected chi connectivity index (χ2v) is 11.1. The van der Waals surface area contributed by atoms with Gasteiger partial charge in [-0.15, -0.1) is 0 Å². The van der Waals surface area contributed by atoms with Crippen LogP contribution in [0.3, 0.4) is 0 Å². The molecule has 4 nitrogen and oxygen atoms in total. The number of nitrogens with zero attached hydrogens (tertiary/aromatic N) is 3. The Kier molecular flexibility index (Phi) is 4.00. The van der Waals surface area contributed by atoms with Gasteiger partial charge in [-0.2, -0.15) is 0 Å². The van der Waals surface area contributed by atoms with Crippen molar-refractivity contribution in [3.63, 3.8) is 0 Å². The first-order chi connectivity index (χ1) is 20.3. The highest BCUT2D eigenvalue weighted by atomic mass is 16.3. The van der Waals surface area contributed by atoms with E-state index in [9.17, 15) is 0 Å². The first-order valence-electron chi connectivity index (χ1n) is 14.2. The highest BCUT2D eigenvalue weighted by Gasteiger charge is 2.23. The molecule has 41 heavy (non-hydrogen) atoms. The topological polar surface area (TPSA) is 35.4 Å². The minimum absolute atomic E-state index is 0.957. The monoisotopic (exact) mass is 525 g/mol. The summed E-state index contributed by atoms with van der Waals surface area (Å²) in [5.74, 6) is 0.997. The van der Waals surface area contributed by atoms with Crippen molar-refractivity contribution in [2.45, 2.75) is 12.8 Å². The number of imidazole rings is 1. The summed E-state index contributed by atoms with van der Waals surface area (Å²) in [4.78, 5) is 5.06. The second-order valence-electron chi connectivity index (χ2n) is 11.1. The van der Waals surface area contributed by atoms with E-state index < -0.39 is 0 Å². The Bertz CT molecular complexity index is 2520. The third-order valence-corrected chi connectivity index (χ3v) is 8.93. The Morgan fingerprint density at radius 1 is 0.683 bits per heavy atom. The fourth-order valence-corrected chi connectivity index (χ4v) is 7.23. The first-order valence-corrected chi connectivity index (χ1v) is 14.2. The molecule has 0 radical (unpaired) electrons. The van der Waals surface area contributed by atoms with Crippen molar-refractivity contribution in [3.05, 3.63) is 121 Å². The molecule has 10 rings (SSSR count). The number of aryl methyl sites for hydroxylation is 1. The van der Waals surface area contributed by atoms with Crippen LogP contribution in [0.5, 0.6) is 0 Å². The van der Waals surface area contributed by atoms with Crippen LogP contribution in [0.25, 0.3) is 83.2 Å². The van der Waals surface area contributed by atoms with Crippen molar-refractivity contribution in [2.24, 2.45) is 0 Å². The zero-order valence-electron chi connectivity index (χ0n) is 22.1. The molecular weight excluding hydrogens is 502 g/mol. The van der Waals surface area contributed by atoms with Crippen molar-refractivity contribution < 1.29 is 4.42 Å². The van der Waals surface area contributed by atoms with Crippen LogP contribution < -0.4 is 0 Å². The standard InChI is InChI=1S/C37H23N3O/c1-2-9-22(10-3-1)35-37-26-18-17-23(21-28(26)30-14-8-16-33(38-35)40(30)37)39-29-13-6-4-11-24(29)25-19-20-32-34(36(25)39)27-12-5-7-15-31(27)41-32/h1-4,6-11,13-21H,5,12H2. The zero-order valence-corrected chi connectivity index (χ0v) is 22.1. The number of aromatic nitrogens is 3. The Morgan fingerprint density at radius 3 is 2.46 bits per heavy atom. The molecule has 0 bridgehead atoms. The third-order valence-electron chi connectivity index (χ3n) is 8.93. The zero-order chi connectivity index (χ0) is 26.7. The molecule has 5 heterocycles. The summed E-state index contributed by atoms with van der Waals surface area (Å²) in [5, 5.41) is 6.21. The highest BCUT2D eigenvalue weighted by molar-refractivity contribution is 6.20. The maximum atomic E-state index is 6.37. The van der Waals surface area contributed by atoms with E-state index in [4.69, 9.17) is 9.40 Å². The van der Waals surface area contributed by atoms with E-state index in [1.54, 1.807) is 0 Å². The van der Waals surface area contributed by atoms with E-state index in [1.807, 2.05) is 0 Å². The Balaban J connectivity index is 1.34. The summed E-state index contributed by atoms with van der Waals surface area (Å²) in [5.41, 5.74) is 11.4. The summed E-state index contributed by atoms with van der Waals surface area (Å²) >= 11 is 0. The molecule has 4 heteroatoms. The lowest BCUT2D eigenvalue weighted by atomic mass is 9.99. The number of rotatable bonds is 2. The molecule has 192 valence electrons. The molecular formula is C37H23N3O. The van der Waals surface area contributed by atoms with Gasteiger partial charge in [-0.25, -0.2) is 4.98 Å². The van der Waals surface area contributed by atoms with Crippen molar-refractivity contribution in [3.8, 4) is 16.9 Å². The summed E-state index contributed by atoms with van der Waals surface area (Å²) < 4.78 is 11.1. The number of fused-ring (bicyclic) bond motifs is 10. The van der Waals surface area contributed by atoms with Gasteiger partial charge in [0.2, 0.25) is 0 Å². The Morgan fingerprint density at radius 2 is 1.51 bits per heavy atom. The van der Waals surface area contributed by atoms with Crippen molar-refractivity contribution in [2.75, 3.05) is 0 Å². The molecule has 0 fully saturated rings. The van der Waals surface area contributed by atoms with E-state index in [2.05, 4.69) is 124 Å². The minimum Gasteiger partial charge on any atom is -0.456 e. The molecule has 0 saturated heterocycles. The minimum atomic E-state index is 0.957. The predicted octanol–water partition coefficient (Wildman–Crippen LogP) is 9.55. The Hall–Kier alpha value is -5.35. The summed E-state index contributed by atoms with van der Waals surface area (Å²) in [6, 6.07) is 37.0. The largest absolute Gasteiger partial charge is 0.456 e. The second kappa shape index (κ2) is 7.64. The quantitative estimate of drug-likeness (QED) is 0.225. The van der Waals surface area contributed by atoms with Crippen molar-refractivity contribution in [1.29, 1.82) is 0 Å². The summed E-state index contributed by atoms with van der Waals surface area (Å²) in [7, 11) is 0. The molecule has 1 aliphatic rings. The molecule has 0 aliphatic heterocycles. The SMILES string of the molecule is C1=Cc2oc3ccc4c5ccccc5n(-c5ccc6c(c5)c5cccc7nc(-c8ccccc8)c6n75)c4c3c2CC1. The number of allylic oxidation sites excluding steroid dienone is 1. The van der Waals surface area contributed by atoms with Crippen molar-refractivity contribution >= 4 is 66.3 Å². The molecule has 1 aliphatic carbocycles. The number of hydrogen-bond donors (Lipinski definition) is 0. The van der Waals surface area contributed by atoms with Crippen LogP contribution in [0.1, 0.15) is 17.7 Å². The molecule has 9 aromatic rings. The summed E-state index contributed by atoms with van der Waals surface area (Å²) in [6.45, 7) is 0. The molecule has 0 atom stereocenters. The van der Waals surface area contributed by atoms with E-state index in [1.165, 1.54) is 54.6 Å². The van der Waals surface area contributed by atoms with Gasteiger partial charge < -0.3 is 8.98 Å². The molecule has 0 N–H and O–H groups in total. The van der Waals surface area contributed by atoms with Crippen LogP contribution in [-0.4, -0.2) is 14.0 Å². The number of benzene rings is 4. The number of furan rings is 1. The van der Waals surface area contributed by atoms with Crippen molar-refractivity contribution in [1.82, 2.24) is 14.0 Å². The van der Waals surface area contributed by atoms with Gasteiger partial charge >= 0.3 is 0 Å². The predicted molar refractivity (Wildman–Crippen MR) is 168 cm³/mol. The van der Waals surface area contributed by atoms with E-state index in [0.29, 0.717) is 0 Å². The highest BCUT2D eigenvalue weighted by Crippen LogP contribution is 2.43.